The fraction of sp³-hybridized carbons (Fsp3) is 0.263. The number of rotatable bonds is 2. The van der Waals surface area contributed by atoms with E-state index < -0.39 is 5.41 Å². The first-order valence-electron chi connectivity index (χ1n) is 7.64. The Morgan fingerprint density at radius 2 is 1.68 bits per heavy atom. The summed E-state index contributed by atoms with van der Waals surface area (Å²) in [5, 5.41) is 0. The van der Waals surface area contributed by atoms with Crippen molar-refractivity contribution < 1.29 is 9.53 Å². The molecule has 0 aliphatic carbocycles. The third kappa shape index (κ3) is 1.97. The summed E-state index contributed by atoms with van der Waals surface area (Å²) >= 11 is 0. The number of benzene rings is 2. The van der Waals surface area contributed by atoms with Gasteiger partial charge in [-0.1, -0.05) is 60.7 Å². The van der Waals surface area contributed by atoms with Crippen LogP contribution in [0.3, 0.4) is 0 Å². The minimum Gasteiger partial charge on any atom is -0.465 e. The van der Waals surface area contributed by atoms with Crippen LogP contribution in [0.1, 0.15) is 30.0 Å². The largest absolute Gasteiger partial charge is 0.465 e. The van der Waals surface area contributed by atoms with Crippen molar-refractivity contribution in [2.75, 3.05) is 6.61 Å². The second-order valence-corrected chi connectivity index (χ2v) is 5.97. The summed E-state index contributed by atoms with van der Waals surface area (Å²) in [5.74, 6) is -0.101. The Kier molecular flexibility index (Phi) is 3.07. The van der Waals surface area contributed by atoms with E-state index in [1.165, 1.54) is 0 Å². The van der Waals surface area contributed by atoms with Crippen LogP contribution in [-0.4, -0.2) is 18.3 Å². The second kappa shape index (κ2) is 5.09. The maximum absolute atomic E-state index is 12.5. The van der Waals surface area contributed by atoms with E-state index in [2.05, 4.69) is 24.3 Å². The number of esters is 1. The van der Waals surface area contributed by atoms with E-state index in [1.54, 1.807) is 0 Å². The van der Waals surface area contributed by atoms with Crippen molar-refractivity contribution in [2.24, 2.45) is 10.4 Å². The third-order valence-electron chi connectivity index (χ3n) is 4.70. The minimum atomic E-state index is -0.521. The standard InChI is InChI=1S/C19H17NO2/c21-18-19(11-12-22-18)13-16(14-7-3-1-4-8-14)20-17(19)15-9-5-2-6-10-15/h1-10,17H,11-13H2/t17-,19+/m1/s1. The van der Waals surface area contributed by atoms with E-state index in [0.717, 1.165) is 23.3 Å². The van der Waals surface area contributed by atoms with Crippen molar-refractivity contribution in [2.45, 2.75) is 18.9 Å². The van der Waals surface area contributed by atoms with Gasteiger partial charge in [-0.3, -0.25) is 9.79 Å². The van der Waals surface area contributed by atoms with Crippen LogP contribution in [0.5, 0.6) is 0 Å². The van der Waals surface area contributed by atoms with E-state index in [-0.39, 0.29) is 12.0 Å². The summed E-state index contributed by atoms with van der Waals surface area (Å²) in [6, 6.07) is 20.1. The molecule has 2 aromatic carbocycles. The molecule has 3 heteroatoms. The quantitative estimate of drug-likeness (QED) is 0.794. The van der Waals surface area contributed by atoms with Gasteiger partial charge >= 0.3 is 5.97 Å². The summed E-state index contributed by atoms with van der Waals surface area (Å²) in [5.41, 5.74) is 2.67. The van der Waals surface area contributed by atoms with E-state index >= 15 is 0 Å². The van der Waals surface area contributed by atoms with Gasteiger partial charge in [-0.2, -0.15) is 0 Å². The van der Waals surface area contributed by atoms with Gasteiger partial charge in [-0.15, -0.1) is 0 Å². The first kappa shape index (κ1) is 13.3. The van der Waals surface area contributed by atoms with Crippen LogP contribution in [0.2, 0.25) is 0 Å². The van der Waals surface area contributed by atoms with Crippen molar-refractivity contribution in [3.8, 4) is 0 Å². The number of carbonyl (C=O) groups is 1. The Labute approximate surface area is 129 Å². The van der Waals surface area contributed by atoms with Gasteiger partial charge in [0, 0.05) is 18.6 Å². The Morgan fingerprint density at radius 3 is 2.32 bits per heavy atom. The van der Waals surface area contributed by atoms with Gasteiger partial charge in [-0.05, 0) is 11.1 Å². The molecule has 0 N–H and O–H groups in total. The fourth-order valence-corrected chi connectivity index (χ4v) is 3.54. The molecule has 0 saturated carbocycles. The molecule has 2 aliphatic rings. The molecule has 0 bridgehead atoms. The van der Waals surface area contributed by atoms with Crippen LogP contribution in [0, 0.1) is 5.41 Å². The molecule has 0 radical (unpaired) electrons. The Hall–Kier alpha value is -2.42. The maximum Gasteiger partial charge on any atom is 0.315 e. The predicted molar refractivity (Wildman–Crippen MR) is 84.8 cm³/mol. The van der Waals surface area contributed by atoms with Crippen molar-refractivity contribution in [1.29, 1.82) is 0 Å². The number of nitrogens with zero attached hydrogens (tertiary/aromatic N) is 1. The molecule has 0 amide bonds. The highest BCUT2D eigenvalue weighted by Crippen LogP contribution is 2.52. The van der Waals surface area contributed by atoms with Gasteiger partial charge in [0.1, 0.15) is 5.41 Å². The van der Waals surface area contributed by atoms with Gasteiger partial charge in [0.15, 0.2) is 0 Å². The highest BCUT2D eigenvalue weighted by atomic mass is 16.5. The van der Waals surface area contributed by atoms with E-state index in [9.17, 15) is 4.79 Å². The zero-order valence-corrected chi connectivity index (χ0v) is 12.2. The van der Waals surface area contributed by atoms with E-state index in [4.69, 9.17) is 9.73 Å². The smallest absolute Gasteiger partial charge is 0.315 e. The third-order valence-corrected chi connectivity index (χ3v) is 4.70. The summed E-state index contributed by atoms with van der Waals surface area (Å²) in [6.07, 6.45) is 1.40. The van der Waals surface area contributed by atoms with Crippen molar-refractivity contribution >= 4 is 11.7 Å². The molecule has 22 heavy (non-hydrogen) atoms. The molecular formula is C19H17NO2. The molecule has 1 fully saturated rings. The van der Waals surface area contributed by atoms with Crippen LogP contribution in [0.25, 0.3) is 0 Å². The topological polar surface area (TPSA) is 38.7 Å². The molecule has 110 valence electrons. The van der Waals surface area contributed by atoms with Crippen LogP contribution >= 0.6 is 0 Å². The number of carbonyl (C=O) groups excluding carboxylic acids is 1. The van der Waals surface area contributed by atoms with Gasteiger partial charge < -0.3 is 4.74 Å². The number of cyclic esters (lactones) is 1. The predicted octanol–water partition coefficient (Wildman–Crippen LogP) is 3.55. The van der Waals surface area contributed by atoms with Gasteiger partial charge in [0.25, 0.3) is 0 Å². The first-order chi connectivity index (χ1) is 10.8. The van der Waals surface area contributed by atoms with Crippen molar-refractivity contribution in [3.63, 3.8) is 0 Å². The Morgan fingerprint density at radius 1 is 1.00 bits per heavy atom. The molecule has 2 aliphatic heterocycles. The van der Waals surface area contributed by atoms with Crippen LogP contribution < -0.4 is 0 Å². The lowest BCUT2D eigenvalue weighted by Gasteiger charge is -2.25. The molecule has 1 spiro atoms. The van der Waals surface area contributed by atoms with Crippen molar-refractivity contribution in [3.05, 3.63) is 71.8 Å². The fourth-order valence-electron chi connectivity index (χ4n) is 3.54. The normalized spacial score (nSPS) is 27.0. The summed E-state index contributed by atoms with van der Waals surface area (Å²) in [4.78, 5) is 17.4. The zero-order chi connectivity index (χ0) is 15.0. The first-order valence-corrected chi connectivity index (χ1v) is 7.64. The number of aliphatic imine (C=N–C) groups is 1. The average Bonchev–Trinajstić information content (AvgIpc) is 3.14. The average molecular weight is 291 g/mol. The van der Waals surface area contributed by atoms with Gasteiger partial charge in [-0.25, -0.2) is 0 Å². The lowest BCUT2D eigenvalue weighted by molar-refractivity contribution is -0.146. The number of hydrogen-bond donors (Lipinski definition) is 0. The maximum atomic E-state index is 12.5. The number of ether oxygens (including phenoxy) is 1. The monoisotopic (exact) mass is 291 g/mol. The minimum absolute atomic E-state index is 0.101. The highest BCUT2D eigenvalue weighted by Gasteiger charge is 2.55. The SMILES string of the molecule is O=C1OCC[C@@]12CC(c1ccccc1)=N[C@@H]2c1ccccc1. The summed E-state index contributed by atoms with van der Waals surface area (Å²) in [6.45, 7) is 0.500. The molecular weight excluding hydrogens is 274 g/mol. The second-order valence-electron chi connectivity index (χ2n) is 5.97. The van der Waals surface area contributed by atoms with Crippen LogP contribution in [0.4, 0.5) is 0 Å². The van der Waals surface area contributed by atoms with Crippen molar-refractivity contribution in [1.82, 2.24) is 0 Å². The molecule has 2 heterocycles. The molecule has 3 nitrogen and oxygen atoms in total. The highest BCUT2D eigenvalue weighted by molar-refractivity contribution is 6.05. The Bertz CT molecular complexity index is 724. The summed E-state index contributed by atoms with van der Waals surface area (Å²) in [7, 11) is 0. The molecule has 0 aromatic heterocycles. The van der Waals surface area contributed by atoms with Gasteiger partial charge in [0.2, 0.25) is 0 Å². The molecule has 1 saturated heterocycles. The van der Waals surface area contributed by atoms with E-state index in [0.29, 0.717) is 13.0 Å². The lowest BCUT2D eigenvalue weighted by Crippen LogP contribution is -2.30. The van der Waals surface area contributed by atoms with Gasteiger partial charge in [0.05, 0.1) is 12.6 Å². The molecule has 2 atom stereocenters. The van der Waals surface area contributed by atoms with Crippen LogP contribution in [-0.2, 0) is 9.53 Å². The summed E-state index contributed by atoms with van der Waals surface area (Å²) < 4.78 is 5.31. The molecule has 4 rings (SSSR count). The van der Waals surface area contributed by atoms with Crippen LogP contribution in [0.15, 0.2) is 65.7 Å². The van der Waals surface area contributed by atoms with E-state index in [1.807, 2.05) is 36.4 Å². The zero-order valence-electron chi connectivity index (χ0n) is 12.2. The number of hydrogen-bond acceptors (Lipinski definition) is 3. The molecule has 0 unspecified atom stereocenters. The Balaban J connectivity index is 1.80. The lowest BCUT2D eigenvalue weighted by atomic mass is 9.74. The molecule has 2 aromatic rings.